The number of rotatable bonds is 10. The molecule has 0 aliphatic heterocycles. The van der Waals surface area contributed by atoms with E-state index in [1.807, 2.05) is 30.3 Å². The Bertz CT molecular complexity index is 1840. The number of nitrogens with one attached hydrogen (secondary N) is 3. The van der Waals surface area contributed by atoms with Crippen LogP contribution in [-0.2, 0) is 27.7 Å². The first-order valence-electron chi connectivity index (χ1n) is 13.0. The zero-order chi connectivity index (χ0) is 29.9. The van der Waals surface area contributed by atoms with Crippen molar-refractivity contribution in [1.82, 2.24) is 15.3 Å². The molecule has 0 saturated heterocycles. The van der Waals surface area contributed by atoms with Crippen molar-refractivity contribution in [1.29, 1.82) is 0 Å². The van der Waals surface area contributed by atoms with Crippen molar-refractivity contribution in [2.45, 2.75) is 18.9 Å². The molecule has 0 spiro atoms. The summed E-state index contributed by atoms with van der Waals surface area (Å²) in [5, 5.41) is 3.69. The molecule has 0 saturated carbocycles. The lowest BCUT2D eigenvalue weighted by atomic mass is 9.95. The van der Waals surface area contributed by atoms with Gasteiger partial charge in [0.05, 0.1) is 31.5 Å². The fraction of sp³-hybridized carbons (Fsp3) is 0.161. The number of hydrogen-bond acceptors (Lipinski definition) is 5. The third kappa shape index (κ3) is 6.92. The number of fused-ring (bicyclic) bond motifs is 1. The van der Waals surface area contributed by atoms with Crippen molar-refractivity contribution in [3.8, 4) is 16.9 Å². The standard InChI is InChI=1S/C31H28F2N4O4S/c1-41-25-8-5-20(6-9-25)26-4-3-11-34-31(26)29(14-19-12-22(32)16-23(33)13-19)36-30(38)15-21-18-35-28-10-7-24(17-27(21)28)37-42(2,39)40/h3-13,16-18,29,35,37H,14-15H2,1-2H3,(H,36,38)/t29-/m0/s1. The Morgan fingerprint density at radius 2 is 1.76 bits per heavy atom. The summed E-state index contributed by atoms with van der Waals surface area (Å²) in [7, 11) is -1.91. The average molecular weight is 591 g/mol. The van der Waals surface area contributed by atoms with Crippen molar-refractivity contribution >= 4 is 32.5 Å². The monoisotopic (exact) mass is 590 g/mol. The summed E-state index contributed by atoms with van der Waals surface area (Å²) >= 11 is 0. The number of carbonyl (C=O) groups is 1. The molecule has 8 nitrogen and oxygen atoms in total. The molecule has 0 radical (unpaired) electrons. The van der Waals surface area contributed by atoms with Crippen LogP contribution in [0.25, 0.3) is 22.0 Å². The maximum Gasteiger partial charge on any atom is 0.229 e. The third-order valence-electron chi connectivity index (χ3n) is 6.69. The first-order chi connectivity index (χ1) is 20.1. The predicted molar refractivity (Wildman–Crippen MR) is 158 cm³/mol. The molecule has 3 aromatic carbocycles. The van der Waals surface area contributed by atoms with Gasteiger partial charge in [-0.25, -0.2) is 17.2 Å². The van der Waals surface area contributed by atoms with Gasteiger partial charge in [-0.2, -0.15) is 0 Å². The summed E-state index contributed by atoms with van der Waals surface area (Å²) < 4.78 is 59.3. The number of amides is 1. The second-order valence-corrected chi connectivity index (χ2v) is 11.6. The maximum absolute atomic E-state index is 14.1. The first kappa shape index (κ1) is 28.7. The lowest BCUT2D eigenvalue weighted by Crippen LogP contribution is -2.32. The van der Waals surface area contributed by atoms with Crippen molar-refractivity contribution in [3.63, 3.8) is 0 Å². The van der Waals surface area contributed by atoms with Crippen LogP contribution in [0.1, 0.15) is 22.9 Å². The van der Waals surface area contributed by atoms with Crippen molar-refractivity contribution in [3.05, 3.63) is 114 Å². The molecule has 0 bridgehead atoms. The maximum atomic E-state index is 14.1. The van der Waals surface area contributed by atoms with E-state index in [1.165, 1.54) is 12.1 Å². The molecule has 0 aliphatic carbocycles. The third-order valence-corrected chi connectivity index (χ3v) is 7.30. The van der Waals surface area contributed by atoms with Gasteiger partial charge in [0.2, 0.25) is 15.9 Å². The minimum atomic E-state index is -3.49. The minimum Gasteiger partial charge on any atom is -0.497 e. The number of sulfonamides is 1. The lowest BCUT2D eigenvalue weighted by molar-refractivity contribution is -0.121. The van der Waals surface area contributed by atoms with Crippen LogP contribution in [0, 0.1) is 11.6 Å². The summed E-state index contributed by atoms with van der Waals surface area (Å²) in [5.74, 6) is -1.11. The zero-order valence-electron chi connectivity index (χ0n) is 22.8. The molecular formula is C31H28F2N4O4S. The lowest BCUT2D eigenvalue weighted by Gasteiger charge is -2.22. The van der Waals surface area contributed by atoms with Crippen LogP contribution in [-0.4, -0.2) is 37.7 Å². The van der Waals surface area contributed by atoms with Gasteiger partial charge in [0.15, 0.2) is 0 Å². The van der Waals surface area contributed by atoms with Gasteiger partial charge >= 0.3 is 0 Å². The topological polar surface area (TPSA) is 113 Å². The number of aromatic amines is 1. The van der Waals surface area contributed by atoms with Crippen LogP contribution < -0.4 is 14.8 Å². The van der Waals surface area contributed by atoms with Gasteiger partial charge in [0.25, 0.3) is 0 Å². The Morgan fingerprint density at radius 3 is 2.45 bits per heavy atom. The van der Waals surface area contributed by atoms with E-state index in [1.54, 1.807) is 43.8 Å². The van der Waals surface area contributed by atoms with E-state index < -0.39 is 27.7 Å². The molecule has 216 valence electrons. The number of methoxy groups -OCH3 is 1. The van der Waals surface area contributed by atoms with Crippen LogP contribution in [0.15, 0.2) is 85.2 Å². The van der Waals surface area contributed by atoms with Gasteiger partial charge in [-0.05, 0) is 71.6 Å². The first-order valence-corrected chi connectivity index (χ1v) is 14.9. The van der Waals surface area contributed by atoms with Gasteiger partial charge in [-0.1, -0.05) is 18.2 Å². The van der Waals surface area contributed by atoms with Crippen LogP contribution in [0.4, 0.5) is 14.5 Å². The summed E-state index contributed by atoms with van der Waals surface area (Å²) in [6, 6.07) is 18.5. The number of nitrogens with zero attached hydrogens (tertiary/aromatic N) is 1. The summed E-state index contributed by atoms with van der Waals surface area (Å²) in [6.07, 6.45) is 4.39. The van der Waals surface area contributed by atoms with Crippen molar-refractivity contribution in [2.24, 2.45) is 0 Å². The molecule has 1 atom stereocenters. The predicted octanol–water partition coefficient (Wildman–Crippen LogP) is 5.53. The van der Waals surface area contributed by atoms with E-state index in [0.29, 0.717) is 33.6 Å². The molecular weight excluding hydrogens is 562 g/mol. The average Bonchev–Trinajstić information content (AvgIpc) is 3.33. The highest BCUT2D eigenvalue weighted by Crippen LogP contribution is 2.31. The zero-order valence-corrected chi connectivity index (χ0v) is 23.6. The highest BCUT2D eigenvalue weighted by atomic mass is 32.2. The molecule has 11 heteroatoms. The van der Waals surface area contributed by atoms with Crippen molar-refractivity contribution in [2.75, 3.05) is 18.1 Å². The van der Waals surface area contributed by atoms with E-state index in [9.17, 15) is 22.0 Å². The number of pyridine rings is 1. The SMILES string of the molecule is COc1ccc(-c2cccnc2[C@H](Cc2cc(F)cc(F)c2)NC(=O)Cc2c[nH]c3ccc(NS(C)(=O)=O)cc23)cc1. The number of H-pyrrole nitrogens is 1. The fourth-order valence-electron chi connectivity index (χ4n) is 4.91. The van der Waals surface area contributed by atoms with Crippen molar-refractivity contribution < 1.29 is 26.7 Å². The van der Waals surface area contributed by atoms with E-state index in [0.717, 1.165) is 29.0 Å². The second kappa shape index (κ2) is 12.0. The van der Waals surface area contributed by atoms with E-state index in [4.69, 9.17) is 4.74 Å². The number of carbonyl (C=O) groups excluding carboxylic acids is 1. The minimum absolute atomic E-state index is 0.0406. The molecule has 2 aromatic heterocycles. The molecule has 0 unspecified atom stereocenters. The molecule has 2 heterocycles. The Labute approximate surface area is 241 Å². The highest BCUT2D eigenvalue weighted by Gasteiger charge is 2.22. The molecule has 0 fully saturated rings. The Balaban J connectivity index is 1.47. The number of ether oxygens (including phenoxy) is 1. The number of anilines is 1. The van der Waals surface area contributed by atoms with Gasteiger partial charge in [-0.15, -0.1) is 0 Å². The Kier molecular flexibility index (Phi) is 8.21. The molecule has 42 heavy (non-hydrogen) atoms. The van der Waals surface area contributed by atoms with E-state index >= 15 is 0 Å². The smallest absolute Gasteiger partial charge is 0.229 e. The molecule has 3 N–H and O–H groups in total. The summed E-state index contributed by atoms with van der Waals surface area (Å²) in [4.78, 5) is 21.2. The van der Waals surface area contributed by atoms with Gasteiger partial charge in [-0.3, -0.25) is 14.5 Å². The second-order valence-electron chi connectivity index (χ2n) is 9.89. The summed E-state index contributed by atoms with van der Waals surface area (Å²) in [6.45, 7) is 0. The highest BCUT2D eigenvalue weighted by molar-refractivity contribution is 7.92. The molecule has 1 amide bonds. The van der Waals surface area contributed by atoms with Crippen LogP contribution in [0.2, 0.25) is 0 Å². The van der Waals surface area contributed by atoms with E-state index in [2.05, 4.69) is 20.0 Å². The summed E-state index contributed by atoms with van der Waals surface area (Å²) in [5.41, 5.74) is 4.20. The Morgan fingerprint density at radius 1 is 1.02 bits per heavy atom. The normalized spacial score (nSPS) is 12.2. The molecule has 5 aromatic rings. The van der Waals surface area contributed by atoms with Crippen LogP contribution in [0.5, 0.6) is 5.75 Å². The molecule has 0 aliphatic rings. The number of benzene rings is 3. The largest absolute Gasteiger partial charge is 0.497 e. The fourth-order valence-corrected chi connectivity index (χ4v) is 5.47. The van der Waals surface area contributed by atoms with Crippen LogP contribution >= 0.6 is 0 Å². The Hall–Kier alpha value is -4.77. The van der Waals surface area contributed by atoms with Crippen LogP contribution in [0.3, 0.4) is 0 Å². The molecule has 5 rings (SSSR count). The van der Waals surface area contributed by atoms with Gasteiger partial charge in [0, 0.05) is 40.6 Å². The van der Waals surface area contributed by atoms with Gasteiger partial charge < -0.3 is 15.0 Å². The number of aromatic nitrogens is 2. The van der Waals surface area contributed by atoms with Gasteiger partial charge in [0.1, 0.15) is 17.4 Å². The quantitative estimate of drug-likeness (QED) is 0.198. The number of hydrogen-bond donors (Lipinski definition) is 3. The van der Waals surface area contributed by atoms with E-state index in [-0.39, 0.29) is 18.7 Å². The number of halogens is 2.